The van der Waals surface area contributed by atoms with Crippen molar-refractivity contribution in [3.05, 3.63) is 48.8 Å². The summed E-state index contributed by atoms with van der Waals surface area (Å²) in [4.78, 5) is 30.8. The molecule has 0 saturated carbocycles. The molecule has 4 heterocycles. The lowest BCUT2D eigenvalue weighted by atomic mass is 10.0. The molecule has 3 aromatic heterocycles. The summed E-state index contributed by atoms with van der Waals surface area (Å²) >= 11 is 17.3. The summed E-state index contributed by atoms with van der Waals surface area (Å²) in [5.41, 5.74) is 1.62. The third-order valence-corrected chi connectivity index (χ3v) is 8.56. The van der Waals surface area contributed by atoms with E-state index in [0.717, 1.165) is 44.8 Å². The number of carbonyl (C=O) groups excluding carboxylic acids is 2. The van der Waals surface area contributed by atoms with Gasteiger partial charge in [0.15, 0.2) is 0 Å². The molecule has 3 N–H and O–H groups in total. The second-order valence-electron chi connectivity index (χ2n) is 8.35. The first kappa shape index (κ1) is 24.5. The van der Waals surface area contributed by atoms with Gasteiger partial charge in [-0.1, -0.05) is 23.2 Å². The van der Waals surface area contributed by atoms with Crippen molar-refractivity contribution in [2.24, 2.45) is 13.0 Å². The Morgan fingerprint density at radius 1 is 1.39 bits per heavy atom. The maximum atomic E-state index is 12.7. The fourth-order valence-corrected chi connectivity index (χ4v) is 6.21. The summed E-state index contributed by atoms with van der Waals surface area (Å²) in [5.74, 6) is -0.0707. The monoisotopic (exact) mass is 571 g/mol. The van der Waals surface area contributed by atoms with E-state index < -0.39 is 6.04 Å². The van der Waals surface area contributed by atoms with Crippen LogP contribution in [0.2, 0.25) is 9.36 Å². The van der Waals surface area contributed by atoms with Gasteiger partial charge in [0.25, 0.3) is 0 Å². The number of nitrogens with zero attached hydrogens (tertiary/aromatic N) is 2. The fourth-order valence-electron chi connectivity index (χ4n) is 4.02. The molecule has 4 rings (SSSR count). The van der Waals surface area contributed by atoms with Crippen LogP contribution in [0.15, 0.2) is 29.0 Å². The van der Waals surface area contributed by atoms with Crippen molar-refractivity contribution in [3.8, 4) is 0 Å². The lowest BCUT2D eigenvalue weighted by Crippen LogP contribution is -2.49. The number of hydrogen-bond donors (Lipinski definition) is 3. The molecule has 0 bridgehead atoms. The van der Waals surface area contributed by atoms with E-state index in [0.29, 0.717) is 17.5 Å². The molecule has 0 aliphatic carbocycles. The molecule has 0 spiro atoms. The van der Waals surface area contributed by atoms with Crippen LogP contribution in [0.5, 0.6) is 0 Å². The average molecular weight is 573 g/mol. The van der Waals surface area contributed by atoms with Crippen molar-refractivity contribution in [1.29, 1.82) is 0 Å². The third-order valence-electron chi connectivity index (χ3n) is 5.76. The van der Waals surface area contributed by atoms with Crippen molar-refractivity contribution >= 4 is 73.3 Å². The molecule has 11 heteroatoms. The van der Waals surface area contributed by atoms with Crippen molar-refractivity contribution in [1.82, 2.24) is 25.5 Å². The van der Waals surface area contributed by atoms with Crippen LogP contribution in [-0.4, -0.2) is 40.0 Å². The summed E-state index contributed by atoms with van der Waals surface area (Å²) in [7, 11) is 1.88. The smallest absolute Gasteiger partial charge is 0.242 e. The van der Waals surface area contributed by atoms with Crippen LogP contribution in [0.25, 0.3) is 11.0 Å². The first-order chi connectivity index (χ1) is 15.7. The summed E-state index contributed by atoms with van der Waals surface area (Å²) in [6, 6.07) is 2.99. The Bertz CT molecular complexity index is 1180. The zero-order chi connectivity index (χ0) is 23.7. The van der Waals surface area contributed by atoms with E-state index in [-0.39, 0.29) is 17.9 Å². The van der Waals surface area contributed by atoms with Crippen molar-refractivity contribution in [2.75, 3.05) is 6.54 Å². The fraction of sp³-hybridized carbons (Fsp3) is 0.409. The van der Waals surface area contributed by atoms with Gasteiger partial charge in [-0.25, -0.2) is 4.98 Å². The Hall–Kier alpha value is -1.65. The first-order valence-electron chi connectivity index (χ1n) is 10.6. The summed E-state index contributed by atoms with van der Waals surface area (Å²) in [6.45, 7) is 2.74. The topological polar surface area (TPSA) is 88.1 Å². The number of hydrogen-bond acceptors (Lipinski definition) is 5. The van der Waals surface area contributed by atoms with Gasteiger partial charge in [-0.15, -0.1) is 11.3 Å². The minimum absolute atomic E-state index is 0.162. The second kappa shape index (κ2) is 10.3. The molecule has 176 valence electrons. The lowest BCUT2D eigenvalue weighted by molar-refractivity contribution is -0.129. The van der Waals surface area contributed by atoms with Crippen LogP contribution in [0.4, 0.5) is 0 Å². The van der Waals surface area contributed by atoms with Gasteiger partial charge in [-0.2, -0.15) is 0 Å². The van der Waals surface area contributed by atoms with Gasteiger partial charge in [0.1, 0.15) is 16.0 Å². The Balaban J connectivity index is 1.25. The molecular formula is C22H24BrCl2N5O2S. The number of amides is 2. The number of nitrogens with one attached hydrogen (secondary N) is 3. The van der Waals surface area contributed by atoms with Gasteiger partial charge >= 0.3 is 0 Å². The Morgan fingerprint density at radius 3 is 2.91 bits per heavy atom. The van der Waals surface area contributed by atoms with Crippen molar-refractivity contribution in [3.63, 3.8) is 0 Å². The van der Waals surface area contributed by atoms with Crippen LogP contribution < -0.4 is 16.0 Å². The summed E-state index contributed by atoms with van der Waals surface area (Å²) in [5, 5.41) is 10.4. The van der Waals surface area contributed by atoms with E-state index in [4.69, 9.17) is 23.2 Å². The molecule has 3 atom stereocenters. The van der Waals surface area contributed by atoms with E-state index in [9.17, 15) is 9.59 Å². The molecule has 2 amide bonds. The number of aryl methyl sites for hydroxylation is 1. The Morgan fingerprint density at radius 2 is 2.18 bits per heavy atom. The SMILES string of the molecule is CC(NC(=O)[C@H]1C[C@H](Cc2cc(Br)c(Cl)s2)CN1)C(=O)NCc1cnc2c(c1)c(Cl)cn2C. The average Bonchev–Trinajstić information content (AvgIpc) is 3.44. The maximum Gasteiger partial charge on any atom is 0.242 e. The molecule has 7 nitrogen and oxygen atoms in total. The molecule has 1 aliphatic rings. The number of carbonyl (C=O) groups is 2. The lowest BCUT2D eigenvalue weighted by Gasteiger charge is -2.17. The number of fused-ring (bicyclic) bond motifs is 1. The second-order valence-corrected chi connectivity index (χ2v) is 11.4. The van der Waals surface area contributed by atoms with Crippen LogP contribution >= 0.6 is 50.5 Å². The van der Waals surface area contributed by atoms with Gasteiger partial charge < -0.3 is 20.5 Å². The highest BCUT2D eigenvalue weighted by Crippen LogP contribution is 2.34. The molecule has 1 saturated heterocycles. The molecule has 3 aromatic rings. The van der Waals surface area contributed by atoms with Gasteiger partial charge in [0.2, 0.25) is 11.8 Å². The molecule has 1 unspecified atom stereocenters. The highest BCUT2D eigenvalue weighted by atomic mass is 79.9. The largest absolute Gasteiger partial charge is 0.350 e. The molecule has 1 aliphatic heterocycles. The quantitative estimate of drug-likeness (QED) is 0.398. The number of rotatable bonds is 7. The predicted molar refractivity (Wildman–Crippen MR) is 136 cm³/mol. The van der Waals surface area contributed by atoms with Gasteiger partial charge in [0, 0.05) is 40.7 Å². The van der Waals surface area contributed by atoms with E-state index in [1.165, 1.54) is 4.88 Å². The summed E-state index contributed by atoms with van der Waals surface area (Å²) in [6.07, 6.45) is 5.10. The first-order valence-corrected chi connectivity index (χ1v) is 12.9. The summed E-state index contributed by atoms with van der Waals surface area (Å²) < 4.78 is 3.51. The molecule has 0 aromatic carbocycles. The standard InChI is InChI=1S/C22H24BrCl2N5O2S/c1-11(21(31)28-9-13-4-15-17(24)10-30(2)20(15)27-8-13)29-22(32)18-5-12(7-26-18)3-14-6-16(23)19(25)33-14/h4,6,8,10-12,18,26H,3,5,7,9H2,1-2H3,(H,28,31)(H,29,32)/t11?,12-,18+/m0/s1. The Kier molecular flexibility index (Phi) is 7.65. The van der Waals surface area contributed by atoms with E-state index >= 15 is 0 Å². The number of thiophene rings is 1. The maximum absolute atomic E-state index is 12.7. The van der Waals surface area contributed by atoms with E-state index in [1.54, 1.807) is 30.7 Å². The third kappa shape index (κ3) is 5.71. The van der Waals surface area contributed by atoms with Gasteiger partial charge in [0.05, 0.1) is 11.1 Å². The molecular weight excluding hydrogens is 549 g/mol. The van der Waals surface area contributed by atoms with Crippen LogP contribution in [0.3, 0.4) is 0 Å². The van der Waals surface area contributed by atoms with E-state index in [1.807, 2.05) is 23.7 Å². The minimum atomic E-state index is -0.651. The zero-order valence-corrected chi connectivity index (χ0v) is 22.0. The number of aromatic nitrogens is 2. The highest BCUT2D eigenvalue weighted by molar-refractivity contribution is 9.10. The molecule has 33 heavy (non-hydrogen) atoms. The minimum Gasteiger partial charge on any atom is -0.350 e. The van der Waals surface area contributed by atoms with Crippen LogP contribution in [0.1, 0.15) is 23.8 Å². The van der Waals surface area contributed by atoms with Crippen molar-refractivity contribution < 1.29 is 9.59 Å². The van der Waals surface area contributed by atoms with Crippen LogP contribution in [-0.2, 0) is 29.6 Å². The Labute approximate surface area is 214 Å². The van der Waals surface area contributed by atoms with E-state index in [2.05, 4.69) is 36.9 Å². The van der Waals surface area contributed by atoms with Crippen LogP contribution in [0, 0.1) is 5.92 Å². The number of halogens is 3. The predicted octanol–water partition coefficient (Wildman–Crippen LogP) is 4.05. The van der Waals surface area contributed by atoms with Crippen molar-refractivity contribution in [2.45, 2.75) is 38.4 Å². The van der Waals surface area contributed by atoms with Gasteiger partial charge in [-0.3, -0.25) is 9.59 Å². The zero-order valence-electron chi connectivity index (χ0n) is 18.1. The highest BCUT2D eigenvalue weighted by Gasteiger charge is 2.31. The molecule has 0 radical (unpaired) electrons. The van der Waals surface area contributed by atoms with Gasteiger partial charge in [-0.05, 0) is 65.9 Å². The normalized spacial score (nSPS) is 19.1. The molecule has 1 fully saturated rings. The number of pyridine rings is 1.